The summed E-state index contributed by atoms with van der Waals surface area (Å²) in [5, 5.41) is 7.45. The van der Waals surface area contributed by atoms with Crippen LogP contribution < -0.4 is 5.32 Å². The predicted molar refractivity (Wildman–Crippen MR) is 81.5 cm³/mol. The summed E-state index contributed by atoms with van der Waals surface area (Å²) in [6, 6.07) is 0.243. The van der Waals surface area contributed by atoms with E-state index < -0.39 is 0 Å². The molecular formula is C15H22BrN3O. The molecule has 0 aromatic carbocycles. The molecule has 1 heterocycles. The second kappa shape index (κ2) is 5.17. The van der Waals surface area contributed by atoms with Gasteiger partial charge in [-0.2, -0.15) is 5.10 Å². The number of fused-ring (bicyclic) bond motifs is 2. The van der Waals surface area contributed by atoms with Gasteiger partial charge in [-0.15, -0.1) is 0 Å². The Morgan fingerprint density at radius 1 is 1.45 bits per heavy atom. The van der Waals surface area contributed by atoms with Crippen LogP contribution in [0.3, 0.4) is 0 Å². The highest BCUT2D eigenvalue weighted by Crippen LogP contribution is 2.49. The first-order chi connectivity index (χ1) is 9.47. The fraction of sp³-hybridized carbons (Fsp3) is 0.733. The van der Waals surface area contributed by atoms with Gasteiger partial charge in [-0.1, -0.05) is 6.42 Å². The summed E-state index contributed by atoms with van der Waals surface area (Å²) >= 11 is 3.46. The van der Waals surface area contributed by atoms with E-state index in [2.05, 4.69) is 33.3 Å². The molecule has 4 nitrogen and oxygen atoms in total. The predicted octanol–water partition coefficient (Wildman–Crippen LogP) is 3.05. The molecule has 2 aliphatic carbocycles. The van der Waals surface area contributed by atoms with Crippen LogP contribution in [0.1, 0.15) is 48.8 Å². The Kier molecular flexibility index (Phi) is 3.65. The maximum Gasteiger partial charge on any atom is 0.273 e. The molecule has 2 fully saturated rings. The molecule has 1 aromatic heterocycles. The van der Waals surface area contributed by atoms with Crippen molar-refractivity contribution in [3.63, 3.8) is 0 Å². The molecule has 1 N–H and O–H groups in total. The van der Waals surface area contributed by atoms with Gasteiger partial charge in [0.05, 0.1) is 10.2 Å². The third-order valence-electron chi connectivity index (χ3n) is 5.27. The lowest BCUT2D eigenvalue weighted by molar-refractivity contribution is 0.0908. The minimum absolute atomic E-state index is 0.0594. The monoisotopic (exact) mass is 339 g/mol. The summed E-state index contributed by atoms with van der Waals surface area (Å²) in [7, 11) is 1.86. The Morgan fingerprint density at radius 2 is 2.20 bits per heavy atom. The second-order valence-corrected chi connectivity index (χ2v) is 7.27. The Morgan fingerprint density at radius 3 is 2.70 bits per heavy atom. The number of amides is 1. The van der Waals surface area contributed by atoms with Gasteiger partial charge in [0, 0.05) is 13.1 Å². The van der Waals surface area contributed by atoms with Gasteiger partial charge in [0.25, 0.3) is 5.91 Å². The smallest absolute Gasteiger partial charge is 0.273 e. The highest BCUT2D eigenvalue weighted by molar-refractivity contribution is 9.10. The van der Waals surface area contributed by atoms with Gasteiger partial charge in [-0.05, 0) is 66.8 Å². The maximum atomic E-state index is 12.4. The standard InChI is InChI=1S/C15H22BrN3O/c1-8(12-7-10-4-5-11(12)6-10)17-15(20)14-13(16)9(2)19(3)18-14/h8,10-12H,4-7H2,1-3H3,(H,17,20)/t8-,10-,11-,12+/m0/s1. The van der Waals surface area contributed by atoms with E-state index >= 15 is 0 Å². The number of aromatic nitrogens is 2. The van der Waals surface area contributed by atoms with Crippen molar-refractivity contribution in [2.24, 2.45) is 24.8 Å². The summed E-state index contributed by atoms with van der Waals surface area (Å²) < 4.78 is 2.54. The van der Waals surface area contributed by atoms with Crippen molar-refractivity contribution in [1.29, 1.82) is 0 Å². The SMILES string of the molecule is Cc1c(Br)c(C(=O)N[C@@H](C)[C@H]2C[C@H]3CC[C@H]2C3)nn1C. The molecule has 2 bridgehead atoms. The van der Waals surface area contributed by atoms with E-state index in [0.717, 1.165) is 22.0 Å². The first-order valence-corrected chi connectivity index (χ1v) is 8.26. The molecule has 1 amide bonds. The first kappa shape index (κ1) is 14.1. The Balaban J connectivity index is 1.68. The normalized spacial score (nSPS) is 29.7. The summed E-state index contributed by atoms with van der Waals surface area (Å²) in [4.78, 5) is 12.4. The zero-order chi connectivity index (χ0) is 14.4. The molecule has 0 spiro atoms. The fourth-order valence-electron chi connectivity index (χ4n) is 4.02. The quantitative estimate of drug-likeness (QED) is 0.919. The summed E-state index contributed by atoms with van der Waals surface area (Å²) in [6.45, 7) is 4.10. The summed E-state index contributed by atoms with van der Waals surface area (Å²) in [6.07, 6.45) is 5.40. The average molecular weight is 340 g/mol. The highest BCUT2D eigenvalue weighted by Gasteiger charge is 2.42. The number of hydrogen-bond acceptors (Lipinski definition) is 2. The number of aryl methyl sites for hydroxylation is 1. The number of halogens is 1. The summed E-state index contributed by atoms with van der Waals surface area (Å²) in [5.41, 5.74) is 1.47. The molecule has 0 aliphatic heterocycles. The zero-order valence-corrected chi connectivity index (χ0v) is 13.9. The van der Waals surface area contributed by atoms with E-state index in [0.29, 0.717) is 11.6 Å². The lowest BCUT2D eigenvalue weighted by Crippen LogP contribution is -2.40. The molecule has 110 valence electrons. The molecule has 1 aromatic rings. The van der Waals surface area contributed by atoms with Crippen molar-refractivity contribution in [3.8, 4) is 0 Å². The number of carbonyl (C=O) groups is 1. The van der Waals surface area contributed by atoms with E-state index in [4.69, 9.17) is 0 Å². The third-order valence-corrected chi connectivity index (χ3v) is 6.22. The van der Waals surface area contributed by atoms with E-state index in [9.17, 15) is 4.79 Å². The molecule has 2 saturated carbocycles. The van der Waals surface area contributed by atoms with Crippen molar-refractivity contribution < 1.29 is 4.79 Å². The minimum Gasteiger partial charge on any atom is -0.348 e. The van der Waals surface area contributed by atoms with Gasteiger partial charge in [-0.3, -0.25) is 9.48 Å². The van der Waals surface area contributed by atoms with Crippen LogP contribution in [-0.2, 0) is 7.05 Å². The van der Waals surface area contributed by atoms with Crippen molar-refractivity contribution in [2.45, 2.75) is 45.6 Å². The molecule has 0 unspecified atom stereocenters. The number of nitrogens with zero attached hydrogens (tertiary/aromatic N) is 2. The highest BCUT2D eigenvalue weighted by atomic mass is 79.9. The number of nitrogens with one attached hydrogen (secondary N) is 1. The van der Waals surface area contributed by atoms with Crippen molar-refractivity contribution in [3.05, 3.63) is 15.9 Å². The average Bonchev–Trinajstić information content (AvgIpc) is 3.10. The lowest BCUT2D eigenvalue weighted by atomic mass is 9.84. The Labute approximate surface area is 128 Å². The van der Waals surface area contributed by atoms with Crippen LogP contribution in [0.5, 0.6) is 0 Å². The van der Waals surface area contributed by atoms with Gasteiger partial charge < -0.3 is 5.32 Å². The van der Waals surface area contributed by atoms with Crippen LogP contribution >= 0.6 is 15.9 Å². The molecule has 20 heavy (non-hydrogen) atoms. The van der Waals surface area contributed by atoms with Crippen LogP contribution in [0.4, 0.5) is 0 Å². The molecule has 0 saturated heterocycles. The zero-order valence-electron chi connectivity index (χ0n) is 12.3. The molecular weight excluding hydrogens is 318 g/mol. The van der Waals surface area contributed by atoms with E-state index in [1.54, 1.807) is 4.68 Å². The Bertz CT molecular complexity index is 539. The molecule has 5 heteroatoms. The van der Waals surface area contributed by atoms with Crippen molar-refractivity contribution in [2.75, 3.05) is 0 Å². The number of rotatable bonds is 3. The van der Waals surface area contributed by atoms with Crippen LogP contribution in [0.15, 0.2) is 4.47 Å². The van der Waals surface area contributed by atoms with Gasteiger partial charge >= 0.3 is 0 Å². The van der Waals surface area contributed by atoms with Gasteiger partial charge in [0.2, 0.25) is 0 Å². The molecule has 3 rings (SSSR count). The van der Waals surface area contributed by atoms with E-state index in [1.165, 1.54) is 25.7 Å². The van der Waals surface area contributed by atoms with Crippen LogP contribution in [0, 0.1) is 24.7 Å². The second-order valence-electron chi connectivity index (χ2n) is 6.47. The lowest BCUT2D eigenvalue weighted by Gasteiger charge is -2.28. The number of hydrogen-bond donors (Lipinski definition) is 1. The maximum absolute atomic E-state index is 12.4. The topological polar surface area (TPSA) is 46.9 Å². The number of carbonyl (C=O) groups excluding carboxylic acids is 1. The molecule has 2 aliphatic rings. The van der Waals surface area contributed by atoms with Gasteiger partial charge in [0.15, 0.2) is 5.69 Å². The van der Waals surface area contributed by atoms with E-state index in [-0.39, 0.29) is 11.9 Å². The molecule has 4 atom stereocenters. The van der Waals surface area contributed by atoms with Crippen molar-refractivity contribution >= 4 is 21.8 Å². The van der Waals surface area contributed by atoms with Gasteiger partial charge in [-0.25, -0.2) is 0 Å². The van der Waals surface area contributed by atoms with Crippen LogP contribution in [0.2, 0.25) is 0 Å². The van der Waals surface area contributed by atoms with Crippen LogP contribution in [-0.4, -0.2) is 21.7 Å². The largest absolute Gasteiger partial charge is 0.348 e. The minimum atomic E-state index is -0.0594. The third kappa shape index (κ3) is 2.30. The van der Waals surface area contributed by atoms with Crippen LogP contribution in [0.25, 0.3) is 0 Å². The fourth-order valence-corrected chi connectivity index (χ4v) is 4.53. The molecule has 0 radical (unpaired) electrons. The van der Waals surface area contributed by atoms with Gasteiger partial charge in [0.1, 0.15) is 0 Å². The van der Waals surface area contributed by atoms with E-state index in [1.807, 2.05) is 14.0 Å². The van der Waals surface area contributed by atoms with Crippen molar-refractivity contribution in [1.82, 2.24) is 15.1 Å². The Hall–Kier alpha value is -0.840. The summed E-state index contributed by atoms with van der Waals surface area (Å²) in [5.74, 6) is 2.33. The first-order valence-electron chi connectivity index (χ1n) is 7.47.